The summed E-state index contributed by atoms with van der Waals surface area (Å²) in [5, 5.41) is 3.56. The second kappa shape index (κ2) is 8.66. The van der Waals surface area contributed by atoms with Crippen molar-refractivity contribution >= 4 is 34.8 Å². The Morgan fingerprint density at radius 3 is 2.46 bits per heavy atom. The highest BCUT2D eigenvalue weighted by Gasteiger charge is 2.10. The number of hydrogen-bond donors (Lipinski definition) is 1. The zero-order valence-electron chi connectivity index (χ0n) is 13.3. The molecule has 2 aromatic rings. The first-order valence-corrected chi connectivity index (χ1v) is 7.97. The quantitative estimate of drug-likeness (QED) is 0.784. The molecule has 0 radical (unpaired) electrons. The number of carbonyl (C=O) groups excluding carboxylic acids is 1. The van der Waals surface area contributed by atoms with E-state index in [-0.39, 0.29) is 12.5 Å². The van der Waals surface area contributed by atoms with Crippen molar-refractivity contribution in [2.45, 2.75) is 6.92 Å². The molecule has 0 aliphatic heterocycles. The molecule has 1 N–H and O–H groups in total. The van der Waals surface area contributed by atoms with Gasteiger partial charge in [0, 0.05) is 16.8 Å². The van der Waals surface area contributed by atoms with Crippen LogP contribution in [0.3, 0.4) is 0 Å². The zero-order valence-corrected chi connectivity index (χ0v) is 14.8. The maximum Gasteiger partial charge on any atom is 0.262 e. The molecule has 0 aliphatic carbocycles. The lowest BCUT2D eigenvalue weighted by molar-refractivity contribution is -0.118. The van der Waals surface area contributed by atoms with Gasteiger partial charge in [0.15, 0.2) is 18.1 Å². The molecule has 0 aliphatic rings. The number of benzene rings is 2. The number of carbonyl (C=O) groups is 1. The first-order chi connectivity index (χ1) is 11.5. The summed E-state index contributed by atoms with van der Waals surface area (Å²) < 4.78 is 16.1. The van der Waals surface area contributed by atoms with Crippen LogP contribution in [-0.2, 0) is 4.79 Å². The van der Waals surface area contributed by atoms with Gasteiger partial charge in [-0.2, -0.15) is 0 Å². The third kappa shape index (κ3) is 4.94. The summed E-state index contributed by atoms with van der Waals surface area (Å²) in [5.41, 5.74) is 0.575. The second-order valence-electron chi connectivity index (χ2n) is 4.71. The van der Waals surface area contributed by atoms with Crippen molar-refractivity contribution in [3.63, 3.8) is 0 Å². The van der Waals surface area contributed by atoms with Crippen molar-refractivity contribution in [2.24, 2.45) is 0 Å². The van der Waals surface area contributed by atoms with Crippen LogP contribution in [0.25, 0.3) is 0 Å². The van der Waals surface area contributed by atoms with Gasteiger partial charge in [-0.3, -0.25) is 4.79 Å². The van der Waals surface area contributed by atoms with Crippen molar-refractivity contribution < 1.29 is 19.0 Å². The average molecular weight is 370 g/mol. The Bertz CT molecular complexity index is 722. The van der Waals surface area contributed by atoms with Crippen LogP contribution in [0.15, 0.2) is 36.4 Å². The summed E-state index contributed by atoms with van der Waals surface area (Å²) >= 11 is 11.8. The fourth-order valence-electron chi connectivity index (χ4n) is 1.95. The fourth-order valence-corrected chi connectivity index (χ4v) is 2.42. The Labute approximate surface area is 150 Å². The Morgan fingerprint density at radius 2 is 1.79 bits per heavy atom. The Kier molecular flexibility index (Phi) is 6.58. The molecule has 0 aromatic heterocycles. The van der Waals surface area contributed by atoms with E-state index in [1.165, 1.54) is 7.11 Å². The van der Waals surface area contributed by atoms with Crippen LogP contribution in [0, 0.1) is 0 Å². The number of amides is 1. The lowest BCUT2D eigenvalue weighted by Crippen LogP contribution is -2.20. The highest BCUT2D eigenvalue weighted by Crippen LogP contribution is 2.30. The number of halogens is 2. The monoisotopic (exact) mass is 369 g/mol. The van der Waals surface area contributed by atoms with Gasteiger partial charge in [0.25, 0.3) is 5.91 Å². The van der Waals surface area contributed by atoms with Crippen LogP contribution in [0.4, 0.5) is 5.69 Å². The van der Waals surface area contributed by atoms with Crippen LogP contribution in [0.5, 0.6) is 17.2 Å². The van der Waals surface area contributed by atoms with Gasteiger partial charge >= 0.3 is 0 Å². The summed E-state index contributed by atoms with van der Waals surface area (Å²) in [7, 11) is 1.54. The van der Waals surface area contributed by atoms with Gasteiger partial charge in [-0.25, -0.2) is 0 Å². The topological polar surface area (TPSA) is 56.8 Å². The van der Waals surface area contributed by atoms with E-state index in [2.05, 4.69) is 5.32 Å². The van der Waals surface area contributed by atoms with E-state index in [0.717, 1.165) is 0 Å². The van der Waals surface area contributed by atoms with Crippen molar-refractivity contribution in [2.75, 3.05) is 25.6 Å². The van der Waals surface area contributed by atoms with E-state index >= 15 is 0 Å². The number of rotatable bonds is 7. The molecule has 0 unspecified atom stereocenters. The van der Waals surface area contributed by atoms with Gasteiger partial charge < -0.3 is 19.5 Å². The van der Waals surface area contributed by atoms with Crippen LogP contribution >= 0.6 is 23.2 Å². The molecule has 0 saturated heterocycles. The standard InChI is InChI=1S/C17H17Cl2NO4/c1-3-23-15-7-5-12(9-16(15)22-2)20-17(21)10-24-14-6-4-11(18)8-13(14)19/h4-9H,3,10H2,1-2H3,(H,20,21). The SMILES string of the molecule is CCOc1ccc(NC(=O)COc2ccc(Cl)cc2Cl)cc1OC. The van der Waals surface area contributed by atoms with E-state index in [0.29, 0.717) is 39.6 Å². The molecule has 2 rings (SSSR count). The first kappa shape index (κ1) is 18.2. The average Bonchev–Trinajstić information content (AvgIpc) is 2.55. The van der Waals surface area contributed by atoms with Crippen LogP contribution < -0.4 is 19.5 Å². The molecule has 0 fully saturated rings. The van der Waals surface area contributed by atoms with Crippen molar-refractivity contribution in [3.05, 3.63) is 46.4 Å². The number of ether oxygens (including phenoxy) is 3. The molecule has 0 atom stereocenters. The van der Waals surface area contributed by atoms with E-state index in [1.54, 1.807) is 36.4 Å². The molecule has 0 heterocycles. The molecule has 0 spiro atoms. The summed E-state index contributed by atoms with van der Waals surface area (Å²) in [5.74, 6) is 1.21. The smallest absolute Gasteiger partial charge is 0.262 e. The molecule has 2 aromatic carbocycles. The minimum Gasteiger partial charge on any atom is -0.493 e. The first-order valence-electron chi connectivity index (χ1n) is 7.22. The van der Waals surface area contributed by atoms with Crippen molar-refractivity contribution in [1.29, 1.82) is 0 Å². The molecular weight excluding hydrogens is 353 g/mol. The van der Waals surface area contributed by atoms with E-state index in [1.807, 2.05) is 6.92 Å². The molecule has 7 heteroatoms. The molecule has 24 heavy (non-hydrogen) atoms. The summed E-state index contributed by atoms with van der Waals surface area (Å²) in [4.78, 5) is 12.0. The summed E-state index contributed by atoms with van der Waals surface area (Å²) in [6.45, 7) is 2.23. The van der Waals surface area contributed by atoms with Crippen LogP contribution in [0.1, 0.15) is 6.92 Å². The minimum atomic E-state index is -0.327. The number of methoxy groups -OCH3 is 1. The minimum absolute atomic E-state index is 0.184. The Balaban J connectivity index is 1.96. The molecule has 1 amide bonds. The van der Waals surface area contributed by atoms with Gasteiger partial charge in [0.2, 0.25) is 0 Å². The van der Waals surface area contributed by atoms with E-state index in [4.69, 9.17) is 37.4 Å². The van der Waals surface area contributed by atoms with Crippen LogP contribution in [0.2, 0.25) is 10.0 Å². The molecular formula is C17H17Cl2NO4. The largest absolute Gasteiger partial charge is 0.493 e. The normalized spacial score (nSPS) is 10.2. The van der Waals surface area contributed by atoms with Crippen LogP contribution in [-0.4, -0.2) is 26.2 Å². The number of anilines is 1. The number of hydrogen-bond acceptors (Lipinski definition) is 4. The van der Waals surface area contributed by atoms with Gasteiger partial charge in [-0.05, 0) is 37.3 Å². The van der Waals surface area contributed by atoms with Gasteiger partial charge in [-0.15, -0.1) is 0 Å². The Morgan fingerprint density at radius 1 is 1.04 bits per heavy atom. The van der Waals surface area contributed by atoms with Gasteiger partial charge in [0.1, 0.15) is 5.75 Å². The predicted molar refractivity (Wildman–Crippen MR) is 94.7 cm³/mol. The summed E-state index contributed by atoms with van der Waals surface area (Å²) in [6, 6.07) is 9.93. The fraction of sp³-hybridized carbons (Fsp3) is 0.235. The molecule has 0 bridgehead atoms. The third-order valence-corrected chi connectivity index (χ3v) is 3.53. The molecule has 0 saturated carbocycles. The van der Waals surface area contributed by atoms with E-state index in [9.17, 15) is 4.79 Å². The highest BCUT2D eigenvalue weighted by atomic mass is 35.5. The highest BCUT2D eigenvalue weighted by molar-refractivity contribution is 6.35. The Hall–Kier alpha value is -2.11. The second-order valence-corrected chi connectivity index (χ2v) is 5.55. The van der Waals surface area contributed by atoms with Gasteiger partial charge in [0.05, 0.1) is 18.7 Å². The van der Waals surface area contributed by atoms with Crippen molar-refractivity contribution in [1.82, 2.24) is 0 Å². The van der Waals surface area contributed by atoms with E-state index < -0.39 is 0 Å². The van der Waals surface area contributed by atoms with Crippen molar-refractivity contribution in [3.8, 4) is 17.2 Å². The predicted octanol–water partition coefficient (Wildman–Crippen LogP) is 4.42. The molecule has 128 valence electrons. The summed E-state index contributed by atoms with van der Waals surface area (Å²) in [6.07, 6.45) is 0. The van der Waals surface area contributed by atoms with Gasteiger partial charge in [-0.1, -0.05) is 23.2 Å². The molecule has 5 nitrogen and oxygen atoms in total. The third-order valence-electron chi connectivity index (χ3n) is 3.00. The lowest BCUT2D eigenvalue weighted by atomic mass is 10.2. The maximum absolute atomic E-state index is 12.0. The maximum atomic E-state index is 12.0. The lowest BCUT2D eigenvalue weighted by Gasteiger charge is -2.12. The number of nitrogens with one attached hydrogen (secondary N) is 1. The zero-order chi connectivity index (χ0) is 17.5.